The highest BCUT2D eigenvalue weighted by Crippen LogP contribution is 2.75. The summed E-state index contributed by atoms with van der Waals surface area (Å²) in [4.78, 5) is 26.4. The van der Waals surface area contributed by atoms with E-state index in [1.165, 1.54) is 7.11 Å². The van der Waals surface area contributed by atoms with Crippen molar-refractivity contribution in [2.45, 2.75) is 31.3 Å². The molecule has 1 aliphatic carbocycles. The molecule has 3 atom stereocenters. The van der Waals surface area contributed by atoms with Gasteiger partial charge in [0, 0.05) is 40.9 Å². The number of hydrogen-bond donors (Lipinski definition) is 1. The first kappa shape index (κ1) is 17.6. The lowest BCUT2D eigenvalue weighted by Gasteiger charge is -2.20. The number of methoxy groups -OCH3 is 1. The Kier molecular flexibility index (Phi) is 2.66. The Hall–Kier alpha value is -3.84. The molecule has 1 saturated heterocycles. The number of carbonyl (C=O) groups excluding carboxylic acids is 2. The van der Waals surface area contributed by atoms with Crippen molar-refractivity contribution in [1.82, 2.24) is 14.5 Å². The van der Waals surface area contributed by atoms with Crippen molar-refractivity contribution in [3.05, 3.63) is 59.7 Å². The maximum Gasteiger partial charge on any atom is 0.317 e. The van der Waals surface area contributed by atoms with Crippen molar-refractivity contribution in [3.63, 3.8) is 0 Å². The minimum Gasteiger partial charge on any atom is -0.468 e. The Morgan fingerprint density at radius 3 is 2.59 bits per heavy atom. The van der Waals surface area contributed by atoms with Gasteiger partial charge in [-0.05, 0) is 17.7 Å². The van der Waals surface area contributed by atoms with Gasteiger partial charge in [0.1, 0.15) is 11.6 Å². The van der Waals surface area contributed by atoms with Crippen LogP contribution in [0.5, 0.6) is 0 Å². The Labute approximate surface area is 192 Å². The molecular formula is C27H19N3O4. The van der Waals surface area contributed by atoms with Crippen molar-refractivity contribution in [2.24, 2.45) is 5.41 Å². The third-order valence-corrected chi connectivity index (χ3v) is 8.76. The van der Waals surface area contributed by atoms with E-state index < -0.39 is 11.1 Å². The quantitative estimate of drug-likeness (QED) is 0.388. The number of aromatic nitrogens is 2. The summed E-state index contributed by atoms with van der Waals surface area (Å²) >= 11 is 0. The van der Waals surface area contributed by atoms with Gasteiger partial charge in [-0.1, -0.05) is 36.4 Å². The van der Waals surface area contributed by atoms with Crippen LogP contribution in [-0.2, 0) is 26.5 Å². The highest BCUT2D eigenvalue weighted by Gasteiger charge is 2.82. The van der Waals surface area contributed by atoms with Crippen molar-refractivity contribution in [1.29, 1.82) is 0 Å². The van der Waals surface area contributed by atoms with Crippen molar-refractivity contribution in [2.75, 3.05) is 7.11 Å². The van der Waals surface area contributed by atoms with E-state index in [9.17, 15) is 9.59 Å². The van der Waals surface area contributed by atoms with Gasteiger partial charge in [-0.25, -0.2) is 0 Å². The molecule has 5 aromatic rings. The Morgan fingerprint density at radius 1 is 1.06 bits per heavy atom. The van der Waals surface area contributed by atoms with Crippen LogP contribution >= 0.6 is 0 Å². The number of amides is 1. The standard InChI is InChI=1S/C27H19N3O4/c1-33-25(32)26-10-18-29-16-8-4-2-6-13(16)20-21-15(11-28-24(21)31)19-14-7-3-5-9-17(14)30(23(19)22(20)29)27(26,12-26)34-18/h2-9,18H,10-12H2,1H3,(H,28,31)/t18?,26-,27?/m0/s1. The molecule has 7 nitrogen and oxygen atoms in total. The third kappa shape index (κ3) is 1.54. The lowest BCUT2D eigenvalue weighted by Crippen LogP contribution is -2.28. The predicted molar refractivity (Wildman–Crippen MR) is 125 cm³/mol. The summed E-state index contributed by atoms with van der Waals surface area (Å²) in [5.41, 5.74) is 4.41. The van der Waals surface area contributed by atoms with Gasteiger partial charge in [0.25, 0.3) is 5.91 Å². The molecule has 1 saturated carbocycles. The number of nitrogens with zero attached hydrogens (tertiary/aromatic N) is 2. The fourth-order valence-electron chi connectivity index (χ4n) is 7.47. The van der Waals surface area contributed by atoms with Crippen LogP contribution in [0.3, 0.4) is 0 Å². The summed E-state index contributed by atoms with van der Waals surface area (Å²) in [6.45, 7) is 0.494. The molecule has 0 radical (unpaired) electrons. The summed E-state index contributed by atoms with van der Waals surface area (Å²) in [6, 6.07) is 16.5. The van der Waals surface area contributed by atoms with Crippen LogP contribution < -0.4 is 5.32 Å². The largest absolute Gasteiger partial charge is 0.468 e. The van der Waals surface area contributed by atoms with Crippen molar-refractivity contribution < 1.29 is 19.1 Å². The van der Waals surface area contributed by atoms with Crippen molar-refractivity contribution >= 4 is 55.5 Å². The van der Waals surface area contributed by atoms with Crippen LogP contribution in [0, 0.1) is 5.41 Å². The molecule has 5 heterocycles. The molecule has 1 N–H and O–H groups in total. The first-order chi connectivity index (χ1) is 16.6. The summed E-state index contributed by atoms with van der Waals surface area (Å²) in [5, 5.41) is 7.26. The number of para-hydroxylation sites is 2. The second-order valence-corrected chi connectivity index (χ2v) is 10.0. The Morgan fingerprint density at radius 2 is 1.79 bits per heavy atom. The SMILES string of the molecule is COC(=O)[C@@]12CC3OC1(C2)n1c2ccccc2c2c4c(c5c6ccccc6n3c5c21)C(=O)NC4. The molecule has 4 aliphatic rings. The topological polar surface area (TPSA) is 74.5 Å². The summed E-state index contributed by atoms with van der Waals surface area (Å²) in [5.74, 6) is -0.240. The smallest absolute Gasteiger partial charge is 0.317 e. The lowest BCUT2D eigenvalue weighted by atomic mass is 9.96. The fraction of sp³-hybridized carbons (Fsp3) is 0.259. The first-order valence-corrected chi connectivity index (χ1v) is 11.7. The number of nitrogens with one attached hydrogen (secondary N) is 1. The van der Waals surface area contributed by atoms with Gasteiger partial charge in [-0.3, -0.25) is 9.59 Å². The van der Waals surface area contributed by atoms with Gasteiger partial charge in [0.05, 0.1) is 34.7 Å². The number of rotatable bonds is 1. The number of hydrogen-bond acceptors (Lipinski definition) is 4. The molecule has 34 heavy (non-hydrogen) atoms. The van der Waals surface area contributed by atoms with Crippen LogP contribution in [-0.4, -0.2) is 28.1 Å². The van der Waals surface area contributed by atoms with Crippen LogP contribution in [0.4, 0.5) is 0 Å². The molecule has 3 aromatic carbocycles. The van der Waals surface area contributed by atoms with Crippen molar-refractivity contribution in [3.8, 4) is 0 Å². The van der Waals surface area contributed by atoms with E-state index in [1.54, 1.807) is 0 Å². The van der Waals surface area contributed by atoms with E-state index in [4.69, 9.17) is 9.47 Å². The number of fused-ring (bicyclic) bond motifs is 11. The summed E-state index contributed by atoms with van der Waals surface area (Å²) < 4.78 is 16.7. The van der Waals surface area contributed by atoms with Crippen LogP contribution in [0.25, 0.3) is 43.6 Å². The molecule has 2 aromatic heterocycles. The monoisotopic (exact) mass is 449 g/mol. The molecule has 9 rings (SSSR count). The maximum atomic E-state index is 13.2. The van der Waals surface area contributed by atoms with Gasteiger partial charge in [-0.15, -0.1) is 0 Å². The zero-order chi connectivity index (χ0) is 22.6. The van der Waals surface area contributed by atoms with Gasteiger partial charge in [0.15, 0.2) is 5.72 Å². The number of esters is 1. The first-order valence-electron chi connectivity index (χ1n) is 11.7. The molecule has 1 amide bonds. The van der Waals surface area contributed by atoms with E-state index in [1.807, 2.05) is 24.3 Å². The van der Waals surface area contributed by atoms with Gasteiger partial charge in [-0.2, -0.15) is 0 Å². The molecular weight excluding hydrogens is 430 g/mol. The number of ether oxygens (including phenoxy) is 2. The normalized spacial score (nSPS) is 28.0. The van der Waals surface area contributed by atoms with E-state index in [-0.39, 0.29) is 18.1 Å². The average molecular weight is 449 g/mol. The third-order valence-electron chi connectivity index (χ3n) is 8.76. The second kappa shape index (κ2) is 5.13. The molecule has 7 heteroatoms. The van der Waals surface area contributed by atoms with E-state index in [2.05, 4.69) is 38.7 Å². The van der Waals surface area contributed by atoms with Gasteiger partial charge >= 0.3 is 5.97 Å². The minimum atomic E-state index is -0.788. The highest BCUT2D eigenvalue weighted by atomic mass is 16.6. The van der Waals surface area contributed by atoms with E-state index >= 15 is 0 Å². The molecule has 3 aliphatic heterocycles. The average Bonchev–Trinajstić information content (AvgIpc) is 3.23. The van der Waals surface area contributed by atoms with Crippen LogP contribution in [0.15, 0.2) is 48.5 Å². The van der Waals surface area contributed by atoms with Crippen LogP contribution in [0.2, 0.25) is 0 Å². The van der Waals surface area contributed by atoms with Gasteiger partial charge in [0.2, 0.25) is 0 Å². The Balaban J connectivity index is 1.63. The zero-order valence-corrected chi connectivity index (χ0v) is 18.3. The number of benzene rings is 3. The Bertz CT molecular complexity index is 1850. The fourth-order valence-corrected chi connectivity index (χ4v) is 7.47. The predicted octanol–water partition coefficient (Wildman–Crippen LogP) is 4.29. The molecule has 1 spiro atoms. The van der Waals surface area contributed by atoms with E-state index in [0.717, 1.165) is 54.7 Å². The summed E-state index contributed by atoms with van der Waals surface area (Å²) in [6.07, 6.45) is 0.819. The molecule has 2 fully saturated rings. The molecule has 166 valence electrons. The maximum absolute atomic E-state index is 13.2. The van der Waals surface area contributed by atoms with Crippen LogP contribution in [0.1, 0.15) is 35.0 Å². The van der Waals surface area contributed by atoms with E-state index in [0.29, 0.717) is 19.4 Å². The lowest BCUT2D eigenvalue weighted by molar-refractivity contribution is -0.149. The zero-order valence-electron chi connectivity index (χ0n) is 18.3. The molecule has 2 unspecified atom stereocenters. The van der Waals surface area contributed by atoms with Gasteiger partial charge < -0.3 is 23.9 Å². The minimum absolute atomic E-state index is 0.0274. The second-order valence-electron chi connectivity index (χ2n) is 10.0. The summed E-state index contributed by atoms with van der Waals surface area (Å²) in [7, 11) is 1.46. The number of carbonyl (C=O) groups is 2. The highest BCUT2D eigenvalue weighted by molar-refractivity contribution is 6.31. The molecule has 2 bridgehead atoms.